The summed E-state index contributed by atoms with van der Waals surface area (Å²) in [5.74, 6) is 0.519. The lowest BCUT2D eigenvalue weighted by Crippen LogP contribution is -2.18. The summed E-state index contributed by atoms with van der Waals surface area (Å²) in [5, 5.41) is 17.0. The molecule has 140 valence electrons. The summed E-state index contributed by atoms with van der Waals surface area (Å²) in [4.78, 5) is 28.5. The quantitative estimate of drug-likeness (QED) is 0.708. The summed E-state index contributed by atoms with van der Waals surface area (Å²) in [5.41, 5.74) is 1.88. The van der Waals surface area contributed by atoms with Crippen LogP contribution in [0.4, 0.5) is 5.95 Å². The molecule has 0 spiro atoms. The van der Waals surface area contributed by atoms with Crippen molar-refractivity contribution in [2.75, 3.05) is 12.4 Å². The maximum absolute atomic E-state index is 12.4. The molecule has 0 radical (unpaired) electrons. The molecule has 0 bridgehead atoms. The van der Waals surface area contributed by atoms with Gasteiger partial charge in [-0.25, -0.2) is 0 Å². The number of anilines is 1. The molecule has 1 aliphatic rings. The number of methoxy groups -OCH3 is 1. The number of ether oxygens (including phenoxy) is 1. The molecule has 0 aliphatic carbocycles. The molecule has 1 aromatic heterocycles. The first-order valence-electron chi connectivity index (χ1n) is 8.55. The number of azo groups is 1. The van der Waals surface area contributed by atoms with Crippen LogP contribution in [0, 0.1) is 0 Å². The van der Waals surface area contributed by atoms with E-state index in [0.29, 0.717) is 22.7 Å². The number of carbonyl (C=O) groups excluding carboxylic acids is 2. The second-order valence-corrected chi connectivity index (χ2v) is 6.08. The highest BCUT2D eigenvalue weighted by Crippen LogP contribution is 2.30. The maximum Gasteiger partial charge on any atom is 0.295 e. The number of rotatable bonds is 5. The fraction of sp³-hybridized carbons (Fsp3) is 0.158. The highest BCUT2D eigenvalue weighted by atomic mass is 16.5. The number of nitrogens with zero attached hydrogens (tertiary/aromatic N) is 4. The molecule has 2 amide bonds. The number of benzene rings is 2. The Morgan fingerprint density at radius 3 is 2.71 bits per heavy atom. The van der Waals surface area contributed by atoms with Crippen molar-refractivity contribution >= 4 is 17.8 Å². The minimum atomic E-state index is -0.526. The number of fused-ring (bicyclic) bond motifs is 1. The lowest BCUT2D eigenvalue weighted by Gasteiger charge is -2.17. The van der Waals surface area contributed by atoms with Crippen LogP contribution >= 0.6 is 0 Å². The summed E-state index contributed by atoms with van der Waals surface area (Å²) < 4.78 is 5.31. The van der Waals surface area contributed by atoms with Gasteiger partial charge in [-0.2, -0.15) is 10.1 Å². The second-order valence-electron chi connectivity index (χ2n) is 6.08. The second kappa shape index (κ2) is 7.39. The smallest absolute Gasteiger partial charge is 0.295 e. The first-order valence-corrected chi connectivity index (χ1v) is 8.55. The van der Waals surface area contributed by atoms with Gasteiger partial charge < -0.3 is 4.74 Å². The van der Waals surface area contributed by atoms with Gasteiger partial charge >= 0.3 is 0 Å². The molecule has 4 rings (SSSR count). The molecular formula is C19H16N6O3. The zero-order valence-corrected chi connectivity index (χ0v) is 14.9. The Balaban J connectivity index is 1.48. The molecule has 1 unspecified atom stereocenters. The van der Waals surface area contributed by atoms with Crippen molar-refractivity contribution in [2.24, 2.45) is 10.2 Å². The van der Waals surface area contributed by atoms with Crippen LogP contribution in [0.5, 0.6) is 5.75 Å². The third-order valence-corrected chi connectivity index (χ3v) is 4.32. The Labute approximate surface area is 159 Å². The van der Waals surface area contributed by atoms with Crippen LogP contribution in [-0.2, 0) is 4.79 Å². The third kappa shape index (κ3) is 3.37. The van der Waals surface area contributed by atoms with Crippen LogP contribution in [0.15, 0.2) is 58.8 Å². The van der Waals surface area contributed by atoms with Crippen molar-refractivity contribution < 1.29 is 14.3 Å². The van der Waals surface area contributed by atoms with E-state index < -0.39 is 11.9 Å². The molecule has 1 aliphatic heterocycles. The van der Waals surface area contributed by atoms with Crippen LogP contribution in [0.2, 0.25) is 0 Å². The Bertz CT molecular complexity index is 1070. The van der Waals surface area contributed by atoms with E-state index in [4.69, 9.17) is 4.74 Å². The Morgan fingerprint density at radius 2 is 1.89 bits per heavy atom. The molecule has 2 N–H and O–H groups in total. The van der Waals surface area contributed by atoms with E-state index in [2.05, 4.69) is 30.7 Å². The van der Waals surface area contributed by atoms with Gasteiger partial charge in [-0.3, -0.25) is 20.0 Å². The molecule has 9 nitrogen and oxygen atoms in total. The first-order chi connectivity index (χ1) is 13.7. The number of nitrogens with one attached hydrogen (secondary N) is 2. The molecule has 9 heteroatoms. The van der Waals surface area contributed by atoms with E-state index in [0.717, 1.165) is 5.56 Å². The van der Waals surface area contributed by atoms with Gasteiger partial charge in [-0.05, 0) is 23.8 Å². The van der Waals surface area contributed by atoms with E-state index in [-0.39, 0.29) is 18.3 Å². The van der Waals surface area contributed by atoms with Gasteiger partial charge in [0.1, 0.15) is 11.8 Å². The number of para-hydroxylation sites is 1. The number of carbonyl (C=O) groups is 2. The predicted octanol–water partition coefficient (Wildman–Crippen LogP) is 3.16. The lowest BCUT2D eigenvalue weighted by atomic mass is 9.97. The zero-order valence-electron chi connectivity index (χ0n) is 14.9. The molecule has 0 saturated heterocycles. The average Bonchev–Trinajstić information content (AvgIpc) is 3.18. The monoisotopic (exact) mass is 376 g/mol. The Kier molecular flexibility index (Phi) is 4.63. The minimum Gasteiger partial charge on any atom is -0.496 e. The van der Waals surface area contributed by atoms with Crippen molar-refractivity contribution in [2.45, 2.75) is 12.5 Å². The summed E-state index contributed by atoms with van der Waals surface area (Å²) in [6.07, 6.45) is 0.0202. The molecule has 0 saturated carbocycles. The maximum atomic E-state index is 12.4. The summed E-state index contributed by atoms with van der Waals surface area (Å²) >= 11 is 0. The molecule has 3 aromatic rings. The normalized spacial score (nSPS) is 15.2. The summed E-state index contributed by atoms with van der Waals surface area (Å²) in [6.45, 7) is 0. The van der Waals surface area contributed by atoms with Crippen LogP contribution < -0.4 is 10.1 Å². The van der Waals surface area contributed by atoms with Gasteiger partial charge in [0.15, 0.2) is 5.82 Å². The standard InChI is InChI=1S/C19H16N6O3/c1-28-15-9-5-4-8-13(15)17-21-19(25-23-17)20-16(26)10-14-11-6-2-3-7-12(11)18(27)24-22-14/h2-9,14H,10H2,1H3,(H2,20,21,23,25,26). The van der Waals surface area contributed by atoms with Gasteiger partial charge in [0.2, 0.25) is 11.9 Å². The van der Waals surface area contributed by atoms with Gasteiger partial charge in [-0.15, -0.1) is 10.2 Å². The van der Waals surface area contributed by atoms with Gasteiger partial charge in [0.05, 0.1) is 19.1 Å². The Morgan fingerprint density at radius 1 is 1.14 bits per heavy atom. The number of aromatic nitrogens is 3. The van der Waals surface area contributed by atoms with Gasteiger partial charge in [0.25, 0.3) is 5.91 Å². The highest BCUT2D eigenvalue weighted by molar-refractivity contribution is 5.97. The van der Waals surface area contributed by atoms with Gasteiger partial charge in [-0.1, -0.05) is 30.3 Å². The van der Waals surface area contributed by atoms with E-state index in [1.165, 1.54) is 0 Å². The third-order valence-electron chi connectivity index (χ3n) is 4.32. The van der Waals surface area contributed by atoms with E-state index in [1.807, 2.05) is 24.3 Å². The number of hydrogen-bond acceptors (Lipinski definition) is 6. The van der Waals surface area contributed by atoms with E-state index in [9.17, 15) is 9.59 Å². The van der Waals surface area contributed by atoms with Crippen LogP contribution in [0.3, 0.4) is 0 Å². The number of hydrogen-bond donors (Lipinski definition) is 2. The average molecular weight is 376 g/mol. The first kappa shape index (κ1) is 17.5. The summed E-state index contributed by atoms with van der Waals surface area (Å²) in [7, 11) is 1.57. The number of H-pyrrole nitrogens is 1. The molecule has 0 fully saturated rings. The van der Waals surface area contributed by atoms with Crippen LogP contribution in [-0.4, -0.2) is 34.1 Å². The largest absolute Gasteiger partial charge is 0.496 e. The van der Waals surface area contributed by atoms with Crippen molar-refractivity contribution in [3.8, 4) is 17.1 Å². The Hall–Kier alpha value is -3.88. The van der Waals surface area contributed by atoms with Crippen LogP contribution in [0.25, 0.3) is 11.4 Å². The number of amides is 2. The molecule has 2 aromatic carbocycles. The molecule has 2 heterocycles. The van der Waals surface area contributed by atoms with Crippen LogP contribution in [0.1, 0.15) is 28.4 Å². The van der Waals surface area contributed by atoms with E-state index >= 15 is 0 Å². The predicted molar refractivity (Wildman–Crippen MR) is 100.0 cm³/mol. The lowest BCUT2D eigenvalue weighted by molar-refractivity contribution is -0.116. The van der Waals surface area contributed by atoms with Crippen molar-refractivity contribution in [3.05, 3.63) is 59.7 Å². The topological polar surface area (TPSA) is 122 Å². The minimum absolute atomic E-state index is 0.0202. The number of aromatic amines is 1. The van der Waals surface area contributed by atoms with E-state index in [1.54, 1.807) is 31.4 Å². The highest BCUT2D eigenvalue weighted by Gasteiger charge is 2.26. The zero-order chi connectivity index (χ0) is 19.5. The molecule has 28 heavy (non-hydrogen) atoms. The van der Waals surface area contributed by atoms with Gasteiger partial charge in [0, 0.05) is 5.56 Å². The van der Waals surface area contributed by atoms with Crippen molar-refractivity contribution in [1.82, 2.24) is 15.2 Å². The fourth-order valence-corrected chi connectivity index (χ4v) is 3.00. The molecule has 1 atom stereocenters. The summed E-state index contributed by atoms with van der Waals surface area (Å²) in [6, 6.07) is 13.8. The molecular weight excluding hydrogens is 360 g/mol. The van der Waals surface area contributed by atoms with Crippen molar-refractivity contribution in [3.63, 3.8) is 0 Å². The SMILES string of the molecule is COc1ccccc1-c1nc(NC(=O)CC2N=NC(=O)c3ccccc32)n[nH]1. The fourth-order valence-electron chi connectivity index (χ4n) is 3.00. The van der Waals surface area contributed by atoms with Crippen molar-refractivity contribution in [1.29, 1.82) is 0 Å².